The predicted molar refractivity (Wildman–Crippen MR) is 131 cm³/mol. The molecule has 0 aromatic heterocycles. The highest BCUT2D eigenvalue weighted by Gasteiger charge is 2.11. The van der Waals surface area contributed by atoms with Gasteiger partial charge in [-0.3, -0.25) is 0 Å². The molecule has 4 nitrogen and oxygen atoms in total. The van der Waals surface area contributed by atoms with Gasteiger partial charge in [-0.1, -0.05) is 66.7 Å². The van der Waals surface area contributed by atoms with Gasteiger partial charge in [-0.15, -0.1) is 0 Å². The minimum absolute atomic E-state index is 0.167. The molecule has 3 aromatic rings. The van der Waals surface area contributed by atoms with Crippen LogP contribution in [0.1, 0.15) is 23.1 Å². The summed E-state index contributed by atoms with van der Waals surface area (Å²) in [6.07, 6.45) is 2.77. The van der Waals surface area contributed by atoms with Crippen molar-refractivity contribution in [3.8, 4) is 11.5 Å². The molecule has 0 aliphatic heterocycles. The average Bonchev–Trinajstić information content (AvgIpc) is 2.80. The van der Waals surface area contributed by atoms with E-state index < -0.39 is 0 Å². The van der Waals surface area contributed by atoms with E-state index in [-0.39, 0.29) is 5.75 Å². The second kappa shape index (κ2) is 12.0. The molecule has 31 heavy (non-hydrogen) atoms. The summed E-state index contributed by atoms with van der Waals surface area (Å²) in [6, 6.07) is 26.4. The Bertz CT molecular complexity index is 948. The van der Waals surface area contributed by atoms with E-state index in [9.17, 15) is 5.11 Å². The maximum Gasteiger partial charge on any atom is 0.169 e. The summed E-state index contributed by atoms with van der Waals surface area (Å²) in [5.74, 6) is 0.678. The molecule has 162 valence electrons. The molecule has 0 amide bonds. The molecule has 3 aromatic carbocycles. The van der Waals surface area contributed by atoms with Crippen molar-refractivity contribution in [2.75, 3.05) is 20.2 Å². The highest BCUT2D eigenvalue weighted by Crippen LogP contribution is 2.26. The van der Waals surface area contributed by atoms with E-state index in [1.165, 1.54) is 11.1 Å². The molecular weight excluding hydrogens is 404 g/mol. The second-order valence-corrected chi connectivity index (χ2v) is 7.87. The summed E-state index contributed by atoms with van der Waals surface area (Å²) in [6.45, 7) is 2.43. The van der Waals surface area contributed by atoms with Crippen molar-refractivity contribution < 1.29 is 9.84 Å². The molecule has 0 heterocycles. The molecule has 0 saturated heterocycles. The number of thiocarbonyl (C=S) groups is 1. The van der Waals surface area contributed by atoms with Crippen molar-refractivity contribution in [1.82, 2.24) is 10.2 Å². The molecule has 0 aliphatic rings. The third-order valence-electron chi connectivity index (χ3n) is 5.17. The summed E-state index contributed by atoms with van der Waals surface area (Å²) in [7, 11) is 1.57. The molecule has 5 heteroatoms. The van der Waals surface area contributed by atoms with Crippen molar-refractivity contribution in [3.05, 3.63) is 95.6 Å². The van der Waals surface area contributed by atoms with Crippen LogP contribution < -0.4 is 10.1 Å². The number of hydrogen-bond acceptors (Lipinski definition) is 3. The smallest absolute Gasteiger partial charge is 0.169 e. The topological polar surface area (TPSA) is 44.7 Å². The summed E-state index contributed by atoms with van der Waals surface area (Å²) in [5.41, 5.74) is 3.67. The van der Waals surface area contributed by atoms with E-state index >= 15 is 0 Å². The Balaban J connectivity index is 1.57. The number of aromatic hydroxyl groups is 1. The Kier molecular flexibility index (Phi) is 8.73. The number of aryl methyl sites for hydroxylation is 1. The van der Waals surface area contributed by atoms with Gasteiger partial charge in [0.2, 0.25) is 0 Å². The number of rotatable bonds is 10. The van der Waals surface area contributed by atoms with Gasteiger partial charge >= 0.3 is 0 Å². The van der Waals surface area contributed by atoms with Gasteiger partial charge in [-0.25, -0.2) is 0 Å². The Morgan fingerprint density at radius 1 is 0.903 bits per heavy atom. The standard InChI is InChI=1S/C26H30N2O2S/c1-30-25-19-22(14-15-24(25)29)13-8-18-28(20-23-11-6-3-7-12-23)26(31)27-17-16-21-9-4-2-5-10-21/h2-7,9-12,14-15,19,29H,8,13,16-18,20H2,1H3,(H,27,31). The number of ether oxygens (including phenoxy) is 1. The van der Waals surface area contributed by atoms with Crippen LogP contribution in [0.5, 0.6) is 11.5 Å². The molecule has 2 N–H and O–H groups in total. The number of phenolic OH excluding ortho intramolecular Hbond substituents is 1. The van der Waals surface area contributed by atoms with Crippen molar-refractivity contribution in [2.24, 2.45) is 0 Å². The zero-order chi connectivity index (χ0) is 21.9. The van der Waals surface area contributed by atoms with Gasteiger partial charge in [0.25, 0.3) is 0 Å². The van der Waals surface area contributed by atoms with Crippen molar-refractivity contribution in [3.63, 3.8) is 0 Å². The van der Waals surface area contributed by atoms with Crippen LogP contribution in [-0.4, -0.2) is 35.3 Å². The SMILES string of the molecule is COc1cc(CCCN(Cc2ccccc2)C(=S)NCCc2ccccc2)ccc1O. The number of phenols is 1. The minimum atomic E-state index is 0.167. The summed E-state index contributed by atoms with van der Waals surface area (Å²) < 4.78 is 5.22. The van der Waals surface area contributed by atoms with E-state index in [0.717, 1.165) is 49.6 Å². The Labute approximate surface area is 190 Å². The zero-order valence-electron chi connectivity index (χ0n) is 18.0. The fraction of sp³-hybridized carbons (Fsp3) is 0.269. The number of nitrogens with zero attached hydrogens (tertiary/aromatic N) is 1. The van der Waals surface area contributed by atoms with Crippen LogP contribution in [0.3, 0.4) is 0 Å². The third-order valence-corrected chi connectivity index (χ3v) is 5.58. The fourth-order valence-corrected chi connectivity index (χ4v) is 3.74. The number of benzene rings is 3. The lowest BCUT2D eigenvalue weighted by Crippen LogP contribution is -2.40. The van der Waals surface area contributed by atoms with Gasteiger partial charge in [0.05, 0.1) is 7.11 Å². The van der Waals surface area contributed by atoms with Crippen LogP contribution >= 0.6 is 12.2 Å². The van der Waals surface area contributed by atoms with E-state index in [1.807, 2.05) is 24.3 Å². The van der Waals surface area contributed by atoms with Crippen molar-refractivity contribution >= 4 is 17.3 Å². The van der Waals surface area contributed by atoms with Gasteiger partial charge in [-0.05, 0) is 60.3 Å². The Hall–Kier alpha value is -3.05. The molecule has 0 aliphatic carbocycles. The largest absolute Gasteiger partial charge is 0.504 e. The van der Waals surface area contributed by atoms with Gasteiger partial charge in [-0.2, -0.15) is 0 Å². The molecule has 0 saturated carbocycles. The first-order valence-corrected chi connectivity index (χ1v) is 11.0. The van der Waals surface area contributed by atoms with Crippen LogP contribution in [0, 0.1) is 0 Å². The van der Waals surface area contributed by atoms with Crippen molar-refractivity contribution in [1.29, 1.82) is 0 Å². The van der Waals surface area contributed by atoms with Gasteiger partial charge in [0.1, 0.15) is 0 Å². The summed E-state index contributed by atoms with van der Waals surface area (Å²) in [4.78, 5) is 2.23. The first kappa shape index (κ1) is 22.6. The quantitative estimate of drug-likeness (QED) is 0.442. The minimum Gasteiger partial charge on any atom is -0.504 e. The maximum atomic E-state index is 9.79. The van der Waals surface area contributed by atoms with Crippen molar-refractivity contribution in [2.45, 2.75) is 25.8 Å². The van der Waals surface area contributed by atoms with Gasteiger partial charge in [0, 0.05) is 19.6 Å². The summed E-state index contributed by atoms with van der Waals surface area (Å²) in [5, 5.41) is 14.0. The van der Waals surface area contributed by atoms with E-state index in [1.54, 1.807) is 13.2 Å². The van der Waals surface area contributed by atoms with E-state index in [2.05, 4.69) is 58.7 Å². The number of methoxy groups -OCH3 is 1. The molecule has 0 atom stereocenters. The lowest BCUT2D eigenvalue weighted by atomic mass is 10.1. The molecule has 3 rings (SSSR count). The van der Waals surface area contributed by atoms with E-state index in [0.29, 0.717) is 5.75 Å². The van der Waals surface area contributed by atoms with Crippen LogP contribution in [-0.2, 0) is 19.4 Å². The number of hydrogen-bond donors (Lipinski definition) is 2. The number of nitrogens with one attached hydrogen (secondary N) is 1. The highest BCUT2D eigenvalue weighted by atomic mass is 32.1. The molecule has 0 bridgehead atoms. The molecular formula is C26H30N2O2S. The fourth-order valence-electron chi connectivity index (χ4n) is 3.48. The Morgan fingerprint density at radius 3 is 2.26 bits per heavy atom. The molecule has 0 spiro atoms. The van der Waals surface area contributed by atoms with Gasteiger partial charge < -0.3 is 20.1 Å². The summed E-state index contributed by atoms with van der Waals surface area (Å²) >= 11 is 5.74. The zero-order valence-corrected chi connectivity index (χ0v) is 18.8. The second-order valence-electron chi connectivity index (χ2n) is 7.48. The van der Waals surface area contributed by atoms with Crippen LogP contribution in [0.15, 0.2) is 78.9 Å². The molecule has 0 fully saturated rings. The lowest BCUT2D eigenvalue weighted by molar-refractivity contribution is 0.372. The van der Waals surface area contributed by atoms with E-state index in [4.69, 9.17) is 17.0 Å². The maximum absolute atomic E-state index is 9.79. The Morgan fingerprint density at radius 2 is 1.58 bits per heavy atom. The third kappa shape index (κ3) is 7.30. The normalized spacial score (nSPS) is 10.5. The van der Waals surface area contributed by atoms with Crippen LogP contribution in [0.4, 0.5) is 0 Å². The first-order valence-electron chi connectivity index (χ1n) is 10.6. The lowest BCUT2D eigenvalue weighted by Gasteiger charge is -2.26. The van der Waals surface area contributed by atoms with Gasteiger partial charge in [0.15, 0.2) is 16.6 Å². The molecule has 0 unspecified atom stereocenters. The highest BCUT2D eigenvalue weighted by molar-refractivity contribution is 7.80. The first-order chi connectivity index (χ1) is 15.2. The van der Waals surface area contributed by atoms with Crippen LogP contribution in [0.2, 0.25) is 0 Å². The monoisotopic (exact) mass is 434 g/mol. The van der Waals surface area contributed by atoms with Crippen LogP contribution in [0.25, 0.3) is 0 Å². The molecule has 0 radical (unpaired) electrons. The predicted octanol–water partition coefficient (Wildman–Crippen LogP) is 4.95. The average molecular weight is 435 g/mol.